The Morgan fingerprint density at radius 3 is 2.71 bits per heavy atom. The third-order valence-electron chi connectivity index (χ3n) is 4.21. The van der Waals surface area contributed by atoms with Gasteiger partial charge in [0.05, 0.1) is 23.4 Å². The van der Waals surface area contributed by atoms with Gasteiger partial charge in [-0.1, -0.05) is 12.1 Å². The molecule has 0 saturated carbocycles. The number of alkyl halides is 2. The summed E-state index contributed by atoms with van der Waals surface area (Å²) in [5.74, 6) is 0.111. The minimum atomic E-state index is -4.25. The highest BCUT2D eigenvalue weighted by molar-refractivity contribution is 7.89. The number of primary sulfonamides is 1. The van der Waals surface area contributed by atoms with Crippen molar-refractivity contribution in [2.24, 2.45) is 5.14 Å². The molecule has 1 amide bonds. The molecule has 0 spiro atoms. The summed E-state index contributed by atoms with van der Waals surface area (Å²) in [5, 5.41) is 11.3. The molecule has 12 heteroatoms. The number of benzene rings is 2. The van der Waals surface area contributed by atoms with E-state index < -0.39 is 27.4 Å². The second-order valence-corrected chi connectivity index (χ2v) is 8.08. The zero-order chi connectivity index (χ0) is 22.6. The van der Waals surface area contributed by atoms with Crippen molar-refractivity contribution in [2.45, 2.75) is 17.9 Å². The van der Waals surface area contributed by atoms with E-state index in [1.807, 2.05) is 0 Å². The van der Waals surface area contributed by atoms with E-state index in [-0.39, 0.29) is 23.0 Å². The molecule has 9 nitrogen and oxygen atoms in total. The summed E-state index contributed by atoms with van der Waals surface area (Å²) < 4.78 is 60.5. The number of nitrogens with zero attached hydrogens (tertiary/aromatic N) is 2. The monoisotopic (exact) mass is 454 g/mol. The summed E-state index contributed by atoms with van der Waals surface area (Å²) >= 11 is 0. The number of halogens is 2. The smallest absolute Gasteiger partial charge is 0.333 e. The third-order valence-corrected chi connectivity index (χ3v) is 5.17. The van der Waals surface area contributed by atoms with Crippen LogP contribution in [0.2, 0.25) is 0 Å². The Kier molecular flexibility index (Phi) is 6.83. The lowest BCUT2D eigenvalue weighted by atomic mass is 10.1. The first-order chi connectivity index (χ1) is 14.7. The van der Waals surface area contributed by atoms with Gasteiger partial charge in [0.15, 0.2) is 0 Å². The van der Waals surface area contributed by atoms with Crippen LogP contribution in [0.4, 0.5) is 14.5 Å². The summed E-state index contributed by atoms with van der Waals surface area (Å²) in [6.45, 7) is -2.19. The van der Waals surface area contributed by atoms with Crippen LogP contribution in [-0.2, 0) is 26.0 Å². The molecule has 2 aromatic carbocycles. The van der Waals surface area contributed by atoms with Crippen molar-refractivity contribution in [3.63, 3.8) is 0 Å². The van der Waals surface area contributed by atoms with E-state index in [9.17, 15) is 22.0 Å². The molecular weight excluding hydrogens is 434 g/mol. The molecule has 0 bridgehead atoms. The van der Waals surface area contributed by atoms with E-state index >= 15 is 0 Å². The molecule has 31 heavy (non-hydrogen) atoms. The molecule has 0 aliphatic heterocycles. The number of anilines is 1. The quantitative estimate of drug-likeness (QED) is 0.478. The Labute approximate surface area is 176 Å². The molecule has 0 fully saturated rings. The van der Waals surface area contributed by atoms with Crippen LogP contribution < -0.4 is 15.2 Å². The Balaban J connectivity index is 1.81. The van der Waals surface area contributed by atoms with Crippen molar-refractivity contribution in [2.75, 3.05) is 25.6 Å². The van der Waals surface area contributed by atoms with E-state index in [4.69, 9.17) is 14.6 Å². The van der Waals surface area contributed by atoms with E-state index in [1.165, 1.54) is 6.07 Å². The maximum absolute atomic E-state index is 12.9. The van der Waals surface area contributed by atoms with E-state index in [0.717, 1.165) is 12.3 Å². The van der Waals surface area contributed by atoms with Gasteiger partial charge in [-0.15, -0.1) is 0 Å². The highest BCUT2D eigenvalue weighted by atomic mass is 32.2. The number of aromatic nitrogens is 2. The molecule has 0 aliphatic rings. The molecule has 1 aromatic heterocycles. The number of nitrogens with one attached hydrogen (secondary N) is 1. The summed E-state index contributed by atoms with van der Waals surface area (Å²) in [6, 6.07) is 9.29. The van der Waals surface area contributed by atoms with Crippen molar-refractivity contribution < 1.29 is 31.5 Å². The molecular formula is C19H20F2N4O5S. The van der Waals surface area contributed by atoms with Crippen LogP contribution in [0, 0.1) is 0 Å². The fourth-order valence-electron chi connectivity index (χ4n) is 2.90. The van der Waals surface area contributed by atoms with Crippen molar-refractivity contribution in [3.05, 3.63) is 48.2 Å². The summed E-state index contributed by atoms with van der Waals surface area (Å²) in [7, 11) is -2.70. The number of carbonyl (C=O) groups is 1. The van der Waals surface area contributed by atoms with Crippen LogP contribution in [0.5, 0.6) is 5.75 Å². The molecule has 3 rings (SSSR count). The molecule has 1 heterocycles. The SMILES string of the molecule is COCCOc1cccc(CC(=O)Nc2cc(S(N)(=O)=O)c3cn(C(F)F)nc3c2)c1. The van der Waals surface area contributed by atoms with Gasteiger partial charge in [-0.3, -0.25) is 4.79 Å². The number of rotatable bonds is 9. The lowest BCUT2D eigenvalue weighted by Crippen LogP contribution is -2.16. The first-order valence-electron chi connectivity index (χ1n) is 9.02. The fourth-order valence-corrected chi connectivity index (χ4v) is 3.65. The first kappa shape index (κ1) is 22.6. The van der Waals surface area contributed by atoms with Crippen molar-refractivity contribution in [1.29, 1.82) is 0 Å². The first-order valence-corrected chi connectivity index (χ1v) is 10.6. The van der Waals surface area contributed by atoms with Gasteiger partial charge < -0.3 is 14.8 Å². The Hall–Kier alpha value is -3.09. The Morgan fingerprint density at radius 1 is 1.26 bits per heavy atom. The third kappa shape index (κ3) is 5.75. The number of nitrogens with two attached hydrogens (primary N) is 1. The second-order valence-electron chi connectivity index (χ2n) is 6.55. The molecule has 0 aliphatic carbocycles. The average Bonchev–Trinajstić information content (AvgIpc) is 3.11. The van der Waals surface area contributed by atoms with Gasteiger partial charge in [0, 0.05) is 24.4 Å². The van der Waals surface area contributed by atoms with Gasteiger partial charge in [0.1, 0.15) is 12.4 Å². The average molecular weight is 454 g/mol. The number of fused-ring (bicyclic) bond motifs is 1. The van der Waals surface area contributed by atoms with Crippen LogP contribution in [0.1, 0.15) is 12.1 Å². The lowest BCUT2D eigenvalue weighted by molar-refractivity contribution is -0.115. The number of carbonyl (C=O) groups excluding carboxylic acids is 1. The zero-order valence-corrected chi connectivity index (χ0v) is 17.2. The largest absolute Gasteiger partial charge is 0.491 e. The van der Waals surface area contributed by atoms with Gasteiger partial charge in [-0.2, -0.15) is 13.9 Å². The number of methoxy groups -OCH3 is 1. The van der Waals surface area contributed by atoms with Crippen LogP contribution in [0.25, 0.3) is 10.9 Å². The normalized spacial score (nSPS) is 11.8. The predicted molar refractivity (Wildman–Crippen MR) is 109 cm³/mol. The molecule has 0 atom stereocenters. The van der Waals surface area contributed by atoms with Gasteiger partial charge in [0.2, 0.25) is 15.9 Å². The Bertz CT molecular complexity index is 1200. The van der Waals surface area contributed by atoms with Crippen LogP contribution in [-0.4, -0.2) is 44.4 Å². The number of amides is 1. The summed E-state index contributed by atoms with van der Waals surface area (Å²) in [4.78, 5) is 12.0. The van der Waals surface area contributed by atoms with Gasteiger partial charge in [-0.05, 0) is 29.8 Å². The maximum Gasteiger partial charge on any atom is 0.333 e. The standard InChI is InChI=1S/C19H20F2N4O5S/c1-29-5-6-30-14-4-2-3-12(7-14)8-18(26)23-13-9-16-15(11-25(24-16)19(20)21)17(10-13)31(22,27)28/h2-4,7,9-11,19H,5-6,8H2,1H3,(H,23,26)(H2,22,27,28). The molecule has 0 unspecified atom stereocenters. The molecule has 0 saturated heterocycles. The highest BCUT2D eigenvalue weighted by Crippen LogP contribution is 2.28. The maximum atomic E-state index is 12.9. The van der Waals surface area contributed by atoms with E-state index in [2.05, 4.69) is 10.4 Å². The molecule has 3 aromatic rings. The van der Waals surface area contributed by atoms with Crippen molar-refractivity contribution in [3.8, 4) is 5.75 Å². The summed E-state index contributed by atoms with van der Waals surface area (Å²) in [6.07, 6.45) is 0.857. The lowest BCUT2D eigenvalue weighted by Gasteiger charge is -2.09. The van der Waals surface area contributed by atoms with Crippen LogP contribution in [0.15, 0.2) is 47.5 Å². The number of hydrogen-bond acceptors (Lipinski definition) is 6. The fraction of sp³-hybridized carbons (Fsp3) is 0.263. The van der Waals surface area contributed by atoms with Gasteiger partial charge >= 0.3 is 6.55 Å². The minimum Gasteiger partial charge on any atom is -0.491 e. The molecule has 0 radical (unpaired) electrons. The van der Waals surface area contributed by atoms with Gasteiger partial charge in [0.25, 0.3) is 0 Å². The van der Waals surface area contributed by atoms with Crippen LogP contribution >= 0.6 is 0 Å². The van der Waals surface area contributed by atoms with Crippen molar-refractivity contribution in [1.82, 2.24) is 9.78 Å². The number of ether oxygens (including phenoxy) is 2. The number of hydrogen-bond donors (Lipinski definition) is 2. The van der Waals surface area contributed by atoms with Gasteiger partial charge in [-0.25, -0.2) is 18.2 Å². The second kappa shape index (κ2) is 9.37. The van der Waals surface area contributed by atoms with E-state index in [0.29, 0.717) is 29.2 Å². The molecule has 166 valence electrons. The zero-order valence-electron chi connectivity index (χ0n) is 16.4. The predicted octanol–water partition coefficient (Wildman–Crippen LogP) is 2.29. The molecule has 3 N–H and O–H groups in total. The minimum absolute atomic E-state index is 0.0320. The van der Waals surface area contributed by atoms with Crippen LogP contribution in [0.3, 0.4) is 0 Å². The highest BCUT2D eigenvalue weighted by Gasteiger charge is 2.20. The number of sulfonamides is 1. The summed E-state index contributed by atoms with van der Waals surface area (Å²) in [5.41, 5.74) is 0.673. The Morgan fingerprint density at radius 2 is 2.03 bits per heavy atom. The topological polar surface area (TPSA) is 126 Å². The van der Waals surface area contributed by atoms with E-state index in [1.54, 1.807) is 31.4 Å². The van der Waals surface area contributed by atoms with Crippen molar-refractivity contribution >= 4 is 32.5 Å².